The normalized spacial score (nSPS) is 17.9. The fourth-order valence-corrected chi connectivity index (χ4v) is 6.10. The summed E-state index contributed by atoms with van der Waals surface area (Å²) >= 11 is 0. The van der Waals surface area contributed by atoms with Crippen LogP contribution in [0.2, 0.25) is 0 Å². The highest BCUT2D eigenvalue weighted by Crippen LogP contribution is 2.36. The molecule has 1 atom stereocenters. The predicted molar refractivity (Wildman–Crippen MR) is 170 cm³/mol. The lowest BCUT2D eigenvalue weighted by atomic mass is 9.89. The molecule has 3 aromatic rings. The summed E-state index contributed by atoms with van der Waals surface area (Å²) in [4.78, 5) is 38.6. The number of benzene rings is 1. The number of piperidine rings is 1. The molecule has 258 valence electrons. The number of carbonyl (C=O) groups excluding carboxylic acids is 2. The molecular formula is C34H33F5N6O4. The van der Waals surface area contributed by atoms with E-state index >= 15 is 0 Å². The van der Waals surface area contributed by atoms with E-state index in [-0.39, 0.29) is 36.3 Å². The Hall–Kier alpha value is -5.05. The van der Waals surface area contributed by atoms with Crippen LogP contribution < -0.4 is 15.1 Å². The number of halogens is 5. The number of alkyl halides is 3. The van der Waals surface area contributed by atoms with Crippen molar-refractivity contribution >= 4 is 29.3 Å². The van der Waals surface area contributed by atoms with E-state index in [1.165, 1.54) is 22.7 Å². The van der Waals surface area contributed by atoms with Crippen molar-refractivity contribution in [1.82, 2.24) is 14.9 Å². The number of pyridine rings is 1. The fraction of sp³-hybridized carbons (Fsp3) is 0.353. The zero-order valence-corrected chi connectivity index (χ0v) is 26.2. The second-order valence-corrected chi connectivity index (χ2v) is 11.9. The minimum atomic E-state index is -4.93. The average Bonchev–Trinajstić information content (AvgIpc) is 3.38. The van der Waals surface area contributed by atoms with Crippen LogP contribution in [-0.2, 0) is 11.0 Å². The molecule has 2 aromatic heterocycles. The molecule has 1 aromatic carbocycles. The van der Waals surface area contributed by atoms with Gasteiger partial charge in [-0.15, -0.1) is 0 Å². The first-order valence-electron chi connectivity index (χ1n) is 15.8. The molecule has 1 unspecified atom stereocenters. The third-order valence-electron chi connectivity index (χ3n) is 8.69. The molecule has 0 radical (unpaired) electrons. The zero-order chi connectivity index (χ0) is 34.7. The number of aromatic nitrogens is 2. The first-order valence-corrected chi connectivity index (χ1v) is 15.8. The van der Waals surface area contributed by atoms with E-state index in [4.69, 9.17) is 4.42 Å². The third-order valence-corrected chi connectivity index (χ3v) is 8.69. The number of aliphatic hydroxyl groups is 1. The van der Waals surface area contributed by atoms with Gasteiger partial charge < -0.3 is 29.5 Å². The minimum Gasteiger partial charge on any atom is -0.417 e. The highest BCUT2D eigenvalue weighted by molar-refractivity contribution is 6.03. The maximum atomic E-state index is 13.9. The fourth-order valence-electron chi connectivity index (χ4n) is 6.10. The molecule has 4 heterocycles. The number of nitrogens with zero attached hydrogens (tertiary/aromatic N) is 5. The molecule has 15 heteroatoms. The second-order valence-electron chi connectivity index (χ2n) is 11.9. The maximum absolute atomic E-state index is 13.9. The number of rotatable bonds is 7. The number of hydrogen-bond donors (Lipinski definition) is 2. The number of oxazole rings is 1. The van der Waals surface area contributed by atoms with Crippen molar-refractivity contribution in [2.24, 2.45) is 5.92 Å². The van der Waals surface area contributed by atoms with Gasteiger partial charge in [-0.3, -0.25) is 9.59 Å². The third kappa shape index (κ3) is 7.82. The van der Waals surface area contributed by atoms with E-state index in [0.29, 0.717) is 50.9 Å². The average molecular weight is 685 g/mol. The maximum Gasteiger partial charge on any atom is 0.437 e. The SMILES string of the molecule is O=C(Nc1ccc(N2CCN(C(=O)C(O)c3cc(F)cc(F)c3)CC2)nc1)c1oc(N2CCC(C3=CC=CCC=C3)CC2)nc1C(F)(F)F. The van der Waals surface area contributed by atoms with Crippen LogP contribution in [0.4, 0.5) is 39.5 Å². The molecular weight excluding hydrogens is 651 g/mol. The lowest BCUT2D eigenvalue weighted by molar-refractivity contribution is -0.142. The van der Waals surface area contributed by atoms with Gasteiger partial charge in [0.2, 0.25) is 5.76 Å². The standard InChI is InChI=1S/C34H33F5N6O4/c35-24-17-23(18-25(36)19-24)28(46)32(48)44-15-13-43(14-16-44)27-8-7-26(20-40-27)41-31(47)29-30(34(37,38)39)42-33(49-29)45-11-9-22(10-12-45)21-5-3-1-2-4-6-21/h1,3-8,17-20,22,28,46H,2,9-16H2,(H,41,47). The Kier molecular flexibility index (Phi) is 9.81. The van der Waals surface area contributed by atoms with Gasteiger partial charge in [0, 0.05) is 45.3 Å². The van der Waals surface area contributed by atoms with Crippen LogP contribution in [0.3, 0.4) is 0 Å². The molecule has 3 aliphatic rings. The van der Waals surface area contributed by atoms with Crippen molar-refractivity contribution in [3.8, 4) is 0 Å². The number of anilines is 3. The summed E-state index contributed by atoms with van der Waals surface area (Å²) in [5.41, 5.74) is -0.304. The topological polar surface area (TPSA) is 115 Å². The Morgan fingerprint density at radius 2 is 1.67 bits per heavy atom. The number of piperazine rings is 1. The van der Waals surface area contributed by atoms with Crippen LogP contribution in [0.15, 0.2) is 76.9 Å². The Bertz CT molecular complexity index is 1750. The second kappa shape index (κ2) is 14.2. The first kappa shape index (κ1) is 33.8. The Labute approximate surface area is 278 Å². The quantitative estimate of drug-likeness (QED) is 0.307. The van der Waals surface area contributed by atoms with Crippen LogP contribution in [0.1, 0.15) is 47.2 Å². The van der Waals surface area contributed by atoms with Gasteiger partial charge in [-0.1, -0.05) is 30.4 Å². The van der Waals surface area contributed by atoms with Gasteiger partial charge in [0.05, 0.1) is 11.9 Å². The van der Waals surface area contributed by atoms with Gasteiger partial charge in [-0.2, -0.15) is 18.2 Å². The van der Waals surface area contributed by atoms with Gasteiger partial charge in [0.25, 0.3) is 17.8 Å². The minimum absolute atomic E-state index is 0.124. The van der Waals surface area contributed by atoms with E-state index in [1.807, 2.05) is 17.1 Å². The predicted octanol–water partition coefficient (Wildman–Crippen LogP) is 5.66. The number of aliphatic hydroxyl groups excluding tert-OH is 1. The largest absolute Gasteiger partial charge is 0.437 e. The Morgan fingerprint density at radius 1 is 0.959 bits per heavy atom. The molecule has 2 N–H and O–H groups in total. The number of carbonyl (C=O) groups is 2. The molecule has 6 rings (SSSR count). The van der Waals surface area contributed by atoms with Gasteiger partial charge in [-0.25, -0.2) is 13.8 Å². The first-order chi connectivity index (χ1) is 23.5. The lowest BCUT2D eigenvalue weighted by Gasteiger charge is -2.36. The van der Waals surface area contributed by atoms with Crippen LogP contribution in [0.5, 0.6) is 0 Å². The molecule has 2 amide bonds. The van der Waals surface area contributed by atoms with E-state index in [2.05, 4.69) is 33.5 Å². The summed E-state index contributed by atoms with van der Waals surface area (Å²) in [6.45, 7) is 1.83. The van der Waals surface area contributed by atoms with Crippen molar-refractivity contribution in [2.45, 2.75) is 31.5 Å². The summed E-state index contributed by atoms with van der Waals surface area (Å²) in [6, 6.07) is 5.21. The summed E-state index contributed by atoms with van der Waals surface area (Å²) in [7, 11) is 0. The summed E-state index contributed by atoms with van der Waals surface area (Å²) in [6.07, 6.45) is 7.11. The summed E-state index contributed by atoms with van der Waals surface area (Å²) in [5.74, 6) is -3.86. The highest BCUT2D eigenvalue weighted by Gasteiger charge is 2.42. The zero-order valence-electron chi connectivity index (χ0n) is 26.2. The van der Waals surface area contributed by atoms with Crippen LogP contribution >= 0.6 is 0 Å². The van der Waals surface area contributed by atoms with Gasteiger partial charge in [0.1, 0.15) is 17.5 Å². The number of amides is 2. The number of nitrogens with one attached hydrogen (secondary N) is 1. The summed E-state index contributed by atoms with van der Waals surface area (Å²) < 4.78 is 74.4. The molecule has 2 fully saturated rings. The van der Waals surface area contributed by atoms with Gasteiger partial charge in [0.15, 0.2) is 11.8 Å². The summed E-state index contributed by atoms with van der Waals surface area (Å²) in [5, 5.41) is 12.8. The Morgan fingerprint density at radius 3 is 2.33 bits per heavy atom. The number of allylic oxidation sites excluding steroid dienone is 6. The lowest BCUT2D eigenvalue weighted by Crippen LogP contribution is -2.50. The molecule has 0 bridgehead atoms. The molecule has 10 nitrogen and oxygen atoms in total. The van der Waals surface area contributed by atoms with Crippen LogP contribution in [-0.4, -0.2) is 71.1 Å². The van der Waals surface area contributed by atoms with E-state index in [9.17, 15) is 36.6 Å². The molecule has 2 aliphatic heterocycles. The van der Waals surface area contributed by atoms with Gasteiger partial charge in [-0.05, 0) is 60.6 Å². The number of hydrogen-bond acceptors (Lipinski definition) is 8. The van der Waals surface area contributed by atoms with Crippen molar-refractivity contribution in [3.05, 3.63) is 101 Å². The van der Waals surface area contributed by atoms with Crippen LogP contribution in [0, 0.1) is 17.6 Å². The monoisotopic (exact) mass is 684 g/mol. The van der Waals surface area contributed by atoms with E-state index in [0.717, 1.165) is 18.6 Å². The molecule has 49 heavy (non-hydrogen) atoms. The van der Waals surface area contributed by atoms with E-state index in [1.54, 1.807) is 11.0 Å². The van der Waals surface area contributed by atoms with Crippen molar-refractivity contribution < 1.29 is 41.1 Å². The van der Waals surface area contributed by atoms with Crippen molar-refractivity contribution in [3.63, 3.8) is 0 Å². The molecule has 0 saturated carbocycles. The van der Waals surface area contributed by atoms with Crippen LogP contribution in [0.25, 0.3) is 0 Å². The molecule has 0 spiro atoms. The Balaban J connectivity index is 1.06. The van der Waals surface area contributed by atoms with E-state index < -0.39 is 47.2 Å². The van der Waals surface area contributed by atoms with Gasteiger partial charge >= 0.3 is 6.18 Å². The molecule has 2 saturated heterocycles. The van der Waals surface area contributed by atoms with Crippen molar-refractivity contribution in [1.29, 1.82) is 0 Å². The molecule has 1 aliphatic carbocycles. The van der Waals surface area contributed by atoms with Crippen molar-refractivity contribution in [2.75, 3.05) is 54.4 Å². The smallest absolute Gasteiger partial charge is 0.417 e. The highest BCUT2D eigenvalue weighted by atomic mass is 19.4.